The van der Waals surface area contributed by atoms with Crippen molar-refractivity contribution in [1.29, 1.82) is 0 Å². The second-order valence-corrected chi connectivity index (χ2v) is 7.08. The van der Waals surface area contributed by atoms with E-state index >= 15 is 0 Å². The summed E-state index contributed by atoms with van der Waals surface area (Å²) in [5, 5.41) is 16.0. The summed E-state index contributed by atoms with van der Waals surface area (Å²) in [5.41, 5.74) is 2.78. The second kappa shape index (κ2) is 6.24. The van der Waals surface area contributed by atoms with E-state index in [0.717, 1.165) is 44.8 Å². The van der Waals surface area contributed by atoms with Gasteiger partial charge in [-0.2, -0.15) is 5.10 Å². The highest BCUT2D eigenvalue weighted by Crippen LogP contribution is 2.33. The number of fused-ring (bicyclic) bond motifs is 3. The quantitative estimate of drug-likeness (QED) is 0.437. The van der Waals surface area contributed by atoms with Crippen molar-refractivity contribution in [1.82, 2.24) is 29.4 Å². The van der Waals surface area contributed by atoms with E-state index in [1.165, 1.54) is 11.8 Å². The Morgan fingerprint density at radius 3 is 2.81 bits per heavy atom. The van der Waals surface area contributed by atoms with E-state index in [9.17, 15) is 0 Å². The van der Waals surface area contributed by atoms with Crippen LogP contribution in [0.15, 0.2) is 63.3 Å². The summed E-state index contributed by atoms with van der Waals surface area (Å²) >= 11 is 1.51. The summed E-state index contributed by atoms with van der Waals surface area (Å²) in [5.74, 6) is 1.42. The molecule has 27 heavy (non-hydrogen) atoms. The minimum absolute atomic E-state index is 0.705. The largest absolute Gasteiger partial charge is 0.461 e. The van der Waals surface area contributed by atoms with Gasteiger partial charge in [0.2, 0.25) is 0 Å². The van der Waals surface area contributed by atoms with Gasteiger partial charge >= 0.3 is 0 Å². The fraction of sp³-hybridized carbons (Fsp3) is 0.158. The maximum atomic E-state index is 5.50. The van der Waals surface area contributed by atoms with Gasteiger partial charge in [-0.15, -0.1) is 10.2 Å². The molecule has 0 unspecified atom stereocenters. The van der Waals surface area contributed by atoms with Gasteiger partial charge in [-0.05, 0) is 43.8 Å². The first-order valence-electron chi connectivity index (χ1n) is 8.64. The lowest BCUT2D eigenvalue weighted by Crippen LogP contribution is -2.00. The number of aromatic nitrogens is 6. The molecule has 0 aliphatic carbocycles. The third-order valence-corrected chi connectivity index (χ3v) is 5.34. The van der Waals surface area contributed by atoms with Gasteiger partial charge in [-0.1, -0.05) is 18.2 Å². The van der Waals surface area contributed by atoms with E-state index in [0.29, 0.717) is 5.76 Å². The van der Waals surface area contributed by atoms with Gasteiger partial charge in [0.05, 0.1) is 17.5 Å². The number of rotatable bonds is 4. The number of aryl methyl sites for hydroxylation is 1. The molecule has 0 spiro atoms. The molecule has 0 aliphatic heterocycles. The summed E-state index contributed by atoms with van der Waals surface area (Å²) in [6.45, 7) is 4.77. The first kappa shape index (κ1) is 16.1. The van der Waals surface area contributed by atoms with Crippen LogP contribution in [0.4, 0.5) is 0 Å². The summed E-state index contributed by atoms with van der Waals surface area (Å²) in [4.78, 5) is 4.83. The molecule has 0 bridgehead atoms. The third-order valence-electron chi connectivity index (χ3n) is 4.35. The van der Waals surface area contributed by atoms with Crippen LogP contribution in [0.3, 0.4) is 0 Å². The van der Waals surface area contributed by atoms with Gasteiger partial charge in [-0.3, -0.25) is 4.57 Å². The molecule has 5 rings (SSSR count). The molecule has 4 aromatic heterocycles. The van der Waals surface area contributed by atoms with Gasteiger partial charge in [-0.25, -0.2) is 9.50 Å². The fourth-order valence-electron chi connectivity index (χ4n) is 3.15. The zero-order valence-corrected chi connectivity index (χ0v) is 15.6. The summed E-state index contributed by atoms with van der Waals surface area (Å²) < 4.78 is 9.41. The van der Waals surface area contributed by atoms with Crippen molar-refractivity contribution < 1.29 is 4.42 Å². The van der Waals surface area contributed by atoms with Crippen LogP contribution in [0.25, 0.3) is 28.1 Å². The number of para-hydroxylation sites is 1. The highest BCUT2D eigenvalue weighted by atomic mass is 32.2. The minimum atomic E-state index is 0.705. The Hall–Kier alpha value is -3.13. The van der Waals surface area contributed by atoms with Crippen molar-refractivity contribution in [3.05, 3.63) is 54.4 Å². The number of benzene rings is 1. The molecule has 8 heteroatoms. The Kier molecular flexibility index (Phi) is 3.71. The third kappa shape index (κ3) is 2.60. The fourth-order valence-corrected chi connectivity index (χ4v) is 4.15. The molecule has 4 heterocycles. The first-order chi connectivity index (χ1) is 13.2. The van der Waals surface area contributed by atoms with Crippen molar-refractivity contribution in [2.45, 2.75) is 30.6 Å². The average molecular weight is 376 g/mol. The van der Waals surface area contributed by atoms with E-state index in [2.05, 4.69) is 34.4 Å². The molecule has 5 aromatic rings. The molecular weight excluding hydrogens is 360 g/mol. The van der Waals surface area contributed by atoms with E-state index in [1.54, 1.807) is 6.26 Å². The zero-order chi connectivity index (χ0) is 18.4. The maximum absolute atomic E-state index is 5.50. The Labute approximate surface area is 159 Å². The first-order valence-corrected chi connectivity index (χ1v) is 9.46. The molecule has 0 radical (unpaired) electrons. The topological polar surface area (TPSA) is 74.0 Å². The van der Waals surface area contributed by atoms with Gasteiger partial charge in [0.1, 0.15) is 5.03 Å². The van der Waals surface area contributed by atoms with Crippen LogP contribution in [-0.2, 0) is 6.54 Å². The van der Waals surface area contributed by atoms with E-state index in [-0.39, 0.29) is 0 Å². The Morgan fingerprint density at radius 1 is 1.11 bits per heavy atom. The van der Waals surface area contributed by atoms with Crippen LogP contribution in [0.2, 0.25) is 0 Å². The van der Waals surface area contributed by atoms with Gasteiger partial charge < -0.3 is 4.42 Å². The van der Waals surface area contributed by atoms with E-state index in [1.807, 2.05) is 46.3 Å². The molecule has 0 aliphatic rings. The predicted octanol–water partition coefficient (Wildman–Crippen LogP) is 4.21. The second-order valence-electron chi connectivity index (χ2n) is 6.12. The lowest BCUT2D eigenvalue weighted by atomic mass is 10.2. The van der Waals surface area contributed by atoms with Gasteiger partial charge in [0.25, 0.3) is 0 Å². The molecule has 0 saturated carbocycles. The molecule has 0 saturated heterocycles. The van der Waals surface area contributed by atoms with E-state index in [4.69, 9.17) is 9.40 Å². The van der Waals surface area contributed by atoms with Crippen LogP contribution in [0, 0.1) is 6.92 Å². The number of hydrogen-bond donors (Lipinski definition) is 0. The summed E-state index contributed by atoms with van der Waals surface area (Å²) in [7, 11) is 0. The lowest BCUT2D eigenvalue weighted by molar-refractivity contribution is 0.567. The Morgan fingerprint density at radius 2 is 2.00 bits per heavy atom. The molecular formula is C19H16N6OS. The van der Waals surface area contributed by atoms with Crippen molar-refractivity contribution in [3.63, 3.8) is 0 Å². The highest BCUT2D eigenvalue weighted by Gasteiger charge is 2.18. The molecule has 1 aromatic carbocycles. The molecule has 0 atom stereocenters. The van der Waals surface area contributed by atoms with Crippen LogP contribution in [0.1, 0.15) is 12.6 Å². The SMILES string of the molecule is CCn1c(Sc2nc3cc(C)nn3c3ccccc23)nnc1-c1ccco1. The molecule has 134 valence electrons. The predicted molar refractivity (Wildman–Crippen MR) is 103 cm³/mol. The molecule has 0 N–H and O–H groups in total. The molecule has 0 fully saturated rings. The van der Waals surface area contributed by atoms with Crippen LogP contribution < -0.4 is 0 Å². The molecule has 7 nitrogen and oxygen atoms in total. The standard InChI is InChI=1S/C19H16N6OS/c1-3-24-17(15-9-6-10-26-15)21-22-19(24)27-18-13-7-4-5-8-14(13)25-16(20-18)11-12(2)23-25/h4-11H,3H2,1-2H3. The van der Waals surface area contributed by atoms with Crippen molar-refractivity contribution in [2.24, 2.45) is 0 Å². The zero-order valence-electron chi connectivity index (χ0n) is 14.8. The number of furan rings is 1. The van der Waals surface area contributed by atoms with Crippen LogP contribution in [-0.4, -0.2) is 29.4 Å². The lowest BCUT2D eigenvalue weighted by Gasteiger charge is -2.08. The van der Waals surface area contributed by atoms with Crippen molar-refractivity contribution >= 4 is 28.3 Å². The molecule has 0 amide bonds. The van der Waals surface area contributed by atoms with Crippen LogP contribution >= 0.6 is 11.8 Å². The smallest absolute Gasteiger partial charge is 0.200 e. The van der Waals surface area contributed by atoms with Gasteiger partial charge in [0, 0.05) is 18.0 Å². The minimum Gasteiger partial charge on any atom is -0.461 e. The Bertz CT molecular complexity index is 1250. The Balaban J connectivity index is 1.66. The highest BCUT2D eigenvalue weighted by molar-refractivity contribution is 7.99. The van der Waals surface area contributed by atoms with Crippen LogP contribution in [0.5, 0.6) is 0 Å². The number of hydrogen-bond acceptors (Lipinski definition) is 6. The number of nitrogens with zero attached hydrogens (tertiary/aromatic N) is 6. The average Bonchev–Trinajstić information content (AvgIpc) is 3.40. The maximum Gasteiger partial charge on any atom is 0.200 e. The summed E-state index contributed by atoms with van der Waals surface area (Å²) in [6.07, 6.45) is 1.64. The van der Waals surface area contributed by atoms with Crippen molar-refractivity contribution in [3.8, 4) is 11.6 Å². The van der Waals surface area contributed by atoms with Gasteiger partial charge in [0.15, 0.2) is 22.4 Å². The summed E-state index contributed by atoms with van der Waals surface area (Å²) in [6, 6.07) is 13.9. The van der Waals surface area contributed by atoms with E-state index < -0.39 is 0 Å². The monoisotopic (exact) mass is 376 g/mol. The normalized spacial score (nSPS) is 11.6. The van der Waals surface area contributed by atoms with Crippen molar-refractivity contribution in [2.75, 3.05) is 0 Å².